The van der Waals surface area contributed by atoms with Crippen LogP contribution in [0.4, 0.5) is 0 Å². The lowest BCUT2D eigenvalue weighted by Crippen LogP contribution is -2.06. The Labute approximate surface area is 204 Å². The number of hydrazone groups is 1. The van der Waals surface area contributed by atoms with E-state index in [0.717, 1.165) is 16.7 Å². The Kier molecular flexibility index (Phi) is 9.10. The SMILES string of the molecule is CCOc1cc(/C=N\NCc2ccc(OC)c(OC)c2)cc(Cl)c1OCc1ccc(Cl)cc1. The van der Waals surface area contributed by atoms with Gasteiger partial charge in [-0.05, 0) is 60.0 Å². The molecule has 0 saturated carbocycles. The van der Waals surface area contributed by atoms with Crippen molar-refractivity contribution in [2.45, 2.75) is 20.1 Å². The molecule has 8 heteroatoms. The lowest BCUT2D eigenvalue weighted by Gasteiger charge is -2.14. The van der Waals surface area contributed by atoms with Crippen molar-refractivity contribution < 1.29 is 18.9 Å². The molecule has 0 unspecified atom stereocenters. The van der Waals surface area contributed by atoms with Crippen molar-refractivity contribution in [1.82, 2.24) is 5.43 Å². The van der Waals surface area contributed by atoms with E-state index in [1.54, 1.807) is 26.5 Å². The molecule has 0 aliphatic heterocycles. The van der Waals surface area contributed by atoms with Crippen LogP contribution in [-0.2, 0) is 13.2 Å². The first-order valence-electron chi connectivity index (χ1n) is 10.3. The summed E-state index contributed by atoms with van der Waals surface area (Å²) in [6.45, 7) is 3.25. The Morgan fingerprint density at radius 3 is 2.27 bits per heavy atom. The summed E-state index contributed by atoms with van der Waals surface area (Å²) in [6.07, 6.45) is 1.68. The maximum absolute atomic E-state index is 6.50. The molecule has 3 aromatic carbocycles. The number of benzene rings is 3. The lowest BCUT2D eigenvalue weighted by atomic mass is 10.2. The van der Waals surface area contributed by atoms with Crippen LogP contribution in [0.1, 0.15) is 23.6 Å². The zero-order valence-corrected chi connectivity index (χ0v) is 20.2. The fourth-order valence-corrected chi connectivity index (χ4v) is 3.45. The number of rotatable bonds is 11. The maximum Gasteiger partial charge on any atom is 0.180 e. The second-order valence-corrected chi connectivity index (χ2v) is 7.80. The molecule has 0 atom stereocenters. The van der Waals surface area contributed by atoms with Crippen molar-refractivity contribution in [2.75, 3.05) is 20.8 Å². The topological polar surface area (TPSA) is 61.3 Å². The van der Waals surface area contributed by atoms with E-state index in [1.165, 1.54) is 0 Å². The molecule has 1 N–H and O–H groups in total. The van der Waals surface area contributed by atoms with E-state index in [0.29, 0.717) is 52.8 Å². The van der Waals surface area contributed by atoms with Crippen molar-refractivity contribution in [1.29, 1.82) is 0 Å². The summed E-state index contributed by atoms with van der Waals surface area (Å²) in [4.78, 5) is 0. The van der Waals surface area contributed by atoms with Crippen LogP contribution in [0.15, 0.2) is 59.7 Å². The van der Waals surface area contributed by atoms with E-state index < -0.39 is 0 Å². The van der Waals surface area contributed by atoms with Gasteiger partial charge in [0.1, 0.15) is 6.61 Å². The molecular formula is C25H26Cl2N2O4. The Bertz CT molecular complexity index is 1090. The molecule has 0 aliphatic rings. The van der Waals surface area contributed by atoms with E-state index in [4.69, 9.17) is 42.1 Å². The minimum atomic E-state index is 0.345. The Balaban J connectivity index is 1.66. The molecule has 0 aliphatic carbocycles. The third-order valence-electron chi connectivity index (χ3n) is 4.66. The van der Waals surface area contributed by atoms with Gasteiger partial charge in [-0.1, -0.05) is 41.4 Å². The number of hydrogen-bond donors (Lipinski definition) is 1. The van der Waals surface area contributed by atoms with Gasteiger partial charge in [0.05, 0.1) is 38.6 Å². The van der Waals surface area contributed by atoms with Crippen LogP contribution in [-0.4, -0.2) is 27.0 Å². The number of nitrogens with one attached hydrogen (secondary N) is 1. The summed E-state index contributed by atoms with van der Waals surface area (Å²) < 4.78 is 22.3. The van der Waals surface area contributed by atoms with Gasteiger partial charge in [0, 0.05) is 5.02 Å². The molecule has 0 fully saturated rings. The van der Waals surface area contributed by atoms with Gasteiger partial charge in [-0.15, -0.1) is 0 Å². The van der Waals surface area contributed by atoms with Crippen LogP contribution in [0, 0.1) is 0 Å². The van der Waals surface area contributed by atoms with Crippen LogP contribution in [0.25, 0.3) is 0 Å². The third-order valence-corrected chi connectivity index (χ3v) is 5.20. The highest BCUT2D eigenvalue weighted by atomic mass is 35.5. The number of ether oxygens (including phenoxy) is 4. The smallest absolute Gasteiger partial charge is 0.180 e. The van der Waals surface area contributed by atoms with Crippen molar-refractivity contribution in [3.05, 3.63) is 81.3 Å². The first kappa shape index (κ1) is 24.6. The van der Waals surface area contributed by atoms with Gasteiger partial charge in [0.15, 0.2) is 23.0 Å². The fourth-order valence-electron chi connectivity index (χ4n) is 3.05. The number of hydrogen-bond acceptors (Lipinski definition) is 6. The molecule has 0 spiro atoms. The average molecular weight is 489 g/mol. The average Bonchev–Trinajstić information content (AvgIpc) is 2.82. The lowest BCUT2D eigenvalue weighted by molar-refractivity contribution is 0.269. The van der Waals surface area contributed by atoms with Gasteiger partial charge in [-0.2, -0.15) is 5.10 Å². The van der Waals surface area contributed by atoms with Gasteiger partial charge < -0.3 is 24.4 Å². The van der Waals surface area contributed by atoms with Crippen LogP contribution in [0.2, 0.25) is 10.0 Å². The predicted octanol–water partition coefficient (Wildman–Crippen LogP) is 6.11. The van der Waals surface area contributed by atoms with Crippen LogP contribution in [0.5, 0.6) is 23.0 Å². The first-order valence-corrected chi connectivity index (χ1v) is 11.1. The maximum atomic E-state index is 6.50. The fraction of sp³-hybridized carbons (Fsp3) is 0.240. The second-order valence-electron chi connectivity index (χ2n) is 6.96. The zero-order valence-electron chi connectivity index (χ0n) is 18.7. The van der Waals surface area contributed by atoms with Crippen LogP contribution in [0.3, 0.4) is 0 Å². The van der Waals surface area contributed by atoms with E-state index in [2.05, 4.69) is 10.5 Å². The van der Waals surface area contributed by atoms with Crippen molar-refractivity contribution in [3.8, 4) is 23.0 Å². The highest BCUT2D eigenvalue weighted by Crippen LogP contribution is 2.37. The Hall–Kier alpha value is -3.09. The van der Waals surface area contributed by atoms with Gasteiger partial charge in [0.25, 0.3) is 0 Å². The summed E-state index contributed by atoms with van der Waals surface area (Å²) >= 11 is 12.4. The summed E-state index contributed by atoms with van der Waals surface area (Å²) in [6, 6.07) is 16.8. The predicted molar refractivity (Wildman–Crippen MR) is 132 cm³/mol. The molecule has 0 saturated heterocycles. The van der Waals surface area contributed by atoms with E-state index in [9.17, 15) is 0 Å². The standard InChI is InChI=1S/C25H26Cl2N2O4/c1-4-32-24-13-19(11-21(27)25(24)33-16-17-5-8-20(26)9-6-17)15-29-28-14-18-7-10-22(30-2)23(12-18)31-3/h5-13,15,28H,4,14,16H2,1-3H3/b29-15-. The van der Waals surface area contributed by atoms with Gasteiger partial charge in [-0.25, -0.2) is 0 Å². The van der Waals surface area contributed by atoms with Crippen LogP contribution >= 0.6 is 23.2 Å². The van der Waals surface area contributed by atoms with E-state index >= 15 is 0 Å². The van der Waals surface area contributed by atoms with Crippen LogP contribution < -0.4 is 24.4 Å². The third kappa shape index (κ3) is 6.94. The van der Waals surface area contributed by atoms with Crippen molar-refractivity contribution >= 4 is 29.4 Å². The molecule has 174 valence electrons. The molecule has 3 rings (SSSR count). The largest absolute Gasteiger partial charge is 0.493 e. The summed E-state index contributed by atoms with van der Waals surface area (Å²) in [7, 11) is 3.21. The quantitative estimate of drug-likeness (QED) is 0.260. The van der Waals surface area contributed by atoms with Gasteiger partial charge >= 0.3 is 0 Å². The van der Waals surface area contributed by atoms with E-state index in [-0.39, 0.29) is 0 Å². The molecule has 0 bridgehead atoms. The highest BCUT2D eigenvalue weighted by molar-refractivity contribution is 6.32. The van der Waals surface area contributed by atoms with Gasteiger partial charge in [0.2, 0.25) is 0 Å². The van der Waals surface area contributed by atoms with Crippen molar-refractivity contribution in [2.24, 2.45) is 5.10 Å². The second kappa shape index (κ2) is 12.2. The molecule has 0 radical (unpaired) electrons. The monoisotopic (exact) mass is 488 g/mol. The zero-order chi connectivity index (χ0) is 23.6. The Morgan fingerprint density at radius 1 is 0.848 bits per heavy atom. The minimum Gasteiger partial charge on any atom is -0.493 e. The number of halogens is 2. The van der Waals surface area contributed by atoms with E-state index in [1.807, 2.05) is 55.5 Å². The summed E-state index contributed by atoms with van der Waals surface area (Å²) in [5, 5.41) is 5.41. The number of methoxy groups -OCH3 is 2. The summed E-state index contributed by atoms with van der Waals surface area (Å²) in [5.41, 5.74) is 5.78. The van der Waals surface area contributed by atoms with Gasteiger partial charge in [-0.3, -0.25) is 0 Å². The number of nitrogens with zero attached hydrogens (tertiary/aromatic N) is 1. The first-order chi connectivity index (χ1) is 16.0. The normalized spacial score (nSPS) is 10.8. The molecule has 3 aromatic rings. The Morgan fingerprint density at radius 2 is 1.58 bits per heavy atom. The molecule has 33 heavy (non-hydrogen) atoms. The van der Waals surface area contributed by atoms with Crippen molar-refractivity contribution in [3.63, 3.8) is 0 Å². The minimum absolute atomic E-state index is 0.345. The molecule has 0 aromatic heterocycles. The summed E-state index contributed by atoms with van der Waals surface area (Å²) in [5.74, 6) is 2.40. The molecular weight excluding hydrogens is 463 g/mol. The highest BCUT2D eigenvalue weighted by Gasteiger charge is 2.13. The molecule has 6 nitrogen and oxygen atoms in total. The molecule has 0 heterocycles. The molecule has 0 amide bonds.